The highest BCUT2D eigenvalue weighted by Crippen LogP contribution is 2.20. The summed E-state index contributed by atoms with van der Waals surface area (Å²) in [6.45, 7) is 0.937. The standard InChI is InChI=1S/C16H18ClF3N2O2/c17-13-3-1-2-12(8-13)9-14(23)22-6-4-11(5-7-22)10-21-15(24)16(18,19)20/h1-3,8,11H,4-7,9-10H2,(H,21,24). The number of amides is 2. The van der Waals surface area contributed by atoms with E-state index in [-0.39, 0.29) is 24.8 Å². The molecule has 0 spiro atoms. The van der Waals surface area contributed by atoms with Crippen molar-refractivity contribution in [1.29, 1.82) is 0 Å². The molecule has 0 aliphatic carbocycles. The number of alkyl halides is 3. The number of carbonyl (C=O) groups is 2. The first-order valence-corrected chi connectivity index (χ1v) is 8.00. The van der Waals surface area contributed by atoms with Gasteiger partial charge in [-0.1, -0.05) is 23.7 Å². The van der Waals surface area contributed by atoms with Gasteiger partial charge in [-0.2, -0.15) is 13.2 Å². The van der Waals surface area contributed by atoms with E-state index in [0.29, 0.717) is 31.0 Å². The summed E-state index contributed by atoms with van der Waals surface area (Å²) < 4.78 is 36.4. The normalized spacial score (nSPS) is 16.1. The van der Waals surface area contributed by atoms with Gasteiger partial charge in [0.1, 0.15) is 0 Å². The monoisotopic (exact) mass is 362 g/mol. The number of hydrogen-bond donors (Lipinski definition) is 1. The summed E-state index contributed by atoms with van der Waals surface area (Å²) in [4.78, 5) is 24.7. The van der Waals surface area contributed by atoms with Crippen LogP contribution in [-0.4, -0.2) is 42.5 Å². The van der Waals surface area contributed by atoms with Gasteiger partial charge < -0.3 is 10.2 Å². The van der Waals surface area contributed by atoms with Crippen molar-refractivity contribution in [1.82, 2.24) is 10.2 Å². The number of piperidine rings is 1. The summed E-state index contributed by atoms with van der Waals surface area (Å²) in [6, 6.07) is 7.07. The molecule has 132 valence electrons. The van der Waals surface area contributed by atoms with Gasteiger partial charge in [0, 0.05) is 24.7 Å². The lowest BCUT2D eigenvalue weighted by molar-refractivity contribution is -0.173. The first-order valence-electron chi connectivity index (χ1n) is 7.63. The minimum atomic E-state index is -4.85. The maximum absolute atomic E-state index is 12.2. The molecule has 0 unspecified atom stereocenters. The smallest absolute Gasteiger partial charge is 0.348 e. The van der Waals surface area contributed by atoms with E-state index in [1.807, 2.05) is 11.4 Å². The van der Waals surface area contributed by atoms with Crippen molar-refractivity contribution in [3.63, 3.8) is 0 Å². The van der Waals surface area contributed by atoms with Crippen LogP contribution in [0.4, 0.5) is 13.2 Å². The highest BCUT2D eigenvalue weighted by atomic mass is 35.5. The van der Waals surface area contributed by atoms with E-state index in [9.17, 15) is 22.8 Å². The minimum Gasteiger partial charge on any atom is -0.348 e. The Balaban J connectivity index is 1.76. The molecule has 1 aromatic rings. The second-order valence-electron chi connectivity index (χ2n) is 5.84. The Labute approximate surface area is 143 Å². The van der Waals surface area contributed by atoms with E-state index in [1.54, 1.807) is 23.1 Å². The van der Waals surface area contributed by atoms with Crippen molar-refractivity contribution in [3.8, 4) is 0 Å². The number of hydrogen-bond acceptors (Lipinski definition) is 2. The molecule has 0 saturated carbocycles. The summed E-state index contributed by atoms with van der Waals surface area (Å²) in [6.07, 6.45) is -3.47. The van der Waals surface area contributed by atoms with Gasteiger partial charge in [0.15, 0.2) is 0 Å². The molecule has 0 atom stereocenters. The molecule has 2 rings (SSSR count). The molecule has 4 nitrogen and oxygen atoms in total. The molecule has 1 fully saturated rings. The van der Waals surface area contributed by atoms with Crippen LogP contribution in [0.25, 0.3) is 0 Å². The molecule has 1 aliphatic rings. The van der Waals surface area contributed by atoms with E-state index in [0.717, 1.165) is 5.56 Å². The van der Waals surface area contributed by atoms with Gasteiger partial charge in [-0.25, -0.2) is 0 Å². The largest absolute Gasteiger partial charge is 0.471 e. The second-order valence-corrected chi connectivity index (χ2v) is 6.28. The molecule has 1 aromatic carbocycles. The molecule has 0 radical (unpaired) electrons. The predicted molar refractivity (Wildman–Crippen MR) is 83.5 cm³/mol. The van der Waals surface area contributed by atoms with Gasteiger partial charge in [0.2, 0.25) is 5.91 Å². The number of halogens is 4. The van der Waals surface area contributed by atoms with Crippen molar-refractivity contribution in [3.05, 3.63) is 34.9 Å². The number of benzene rings is 1. The van der Waals surface area contributed by atoms with Crippen LogP contribution >= 0.6 is 11.6 Å². The lowest BCUT2D eigenvalue weighted by Gasteiger charge is -2.32. The van der Waals surface area contributed by atoms with Gasteiger partial charge >= 0.3 is 12.1 Å². The molecule has 8 heteroatoms. The highest BCUT2D eigenvalue weighted by molar-refractivity contribution is 6.30. The van der Waals surface area contributed by atoms with Crippen LogP contribution in [0.15, 0.2) is 24.3 Å². The Hall–Kier alpha value is -1.76. The quantitative estimate of drug-likeness (QED) is 0.895. The zero-order valence-electron chi connectivity index (χ0n) is 12.9. The zero-order chi connectivity index (χ0) is 17.7. The van der Waals surface area contributed by atoms with Crippen LogP contribution in [0.3, 0.4) is 0 Å². The Morgan fingerprint density at radius 1 is 1.25 bits per heavy atom. The lowest BCUT2D eigenvalue weighted by atomic mass is 9.96. The van der Waals surface area contributed by atoms with E-state index < -0.39 is 12.1 Å². The number of likely N-dealkylation sites (tertiary alicyclic amines) is 1. The van der Waals surface area contributed by atoms with Crippen LogP contribution in [0.5, 0.6) is 0 Å². The molecule has 2 amide bonds. The first-order chi connectivity index (χ1) is 11.3. The van der Waals surface area contributed by atoms with Crippen LogP contribution < -0.4 is 5.32 Å². The molecular formula is C16H18ClF3N2O2. The van der Waals surface area contributed by atoms with Crippen LogP contribution in [-0.2, 0) is 16.0 Å². The zero-order valence-corrected chi connectivity index (χ0v) is 13.7. The van der Waals surface area contributed by atoms with Crippen LogP contribution in [0.1, 0.15) is 18.4 Å². The van der Waals surface area contributed by atoms with Crippen LogP contribution in [0, 0.1) is 5.92 Å². The Kier molecular flexibility index (Phi) is 6.10. The van der Waals surface area contributed by atoms with Crippen molar-refractivity contribution in [2.45, 2.75) is 25.4 Å². The summed E-state index contributed by atoms with van der Waals surface area (Å²) >= 11 is 5.89. The first kappa shape index (κ1) is 18.6. The third-order valence-electron chi connectivity index (χ3n) is 4.02. The maximum atomic E-state index is 12.2. The van der Waals surface area contributed by atoms with E-state index >= 15 is 0 Å². The van der Waals surface area contributed by atoms with Gasteiger partial charge in [0.25, 0.3) is 0 Å². The number of rotatable bonds is 4. The fraction of sp³-hybridized carbons (Fsp3) is 0.500. The SMILES string of the molecule is O=C(Cc1cccc(Cl)c1)N1CCC(CNC(=O)C(F)(F)F)CC1. The van der Waals surface area contributed by atoms with E-state index in [2.05, 4.69) is 0 Å². The third-order valence-corrected chi connectivity index (χ3v) is 4.26. The topological polar surface area (TPSA) is 49.4 Å². The van der Waals surface area contributed by atoms with E-state index in [4.69, 9.17) is 11.6 Å². The van der Waals surface area contributed by atoms with Gasteiger partial charge in [-0.15, -0.1) is 0 Å². The predicted octanol–water partition coefficient (Wildman–Crippen LogP) is 2.80. The van der Waals surface area contributed by atoms with Gasteiger partial charge in [-0.05, 0) is 36.5 Å². The molecule has 1 N–H and O–H groups in total. The average molecular weight is 363 g/mol. The second kappa shape index (κ2) is 7.88. The van der Waals surface area contributed by atoms with Gasteiger partial charge in [-0.3, -0.25) is 9.59 Å². The summed E-state index contributed by atoms with van der Waals surface area (Å²) in [7, 11) is 0. The molecule has 0 aromatic heterocycles. The highest BCUT2D eigenvalue weighted by Gasteiger charge is 2.38. The Morgan fingerprint density at radius 3 is 2.50 bits per heavy atom. The number of carbonyl (C=O) groups excluding carboxylic acids is 2. The summed E-state index contributed by atoms with van der Waals surface area (Å²) in [5, 5.41) is 2.47. The van der Waals surface area contributed by atoms with Crippen LogP contribution in [0.2, 0.25) is 5.02 Å². The number of nitrogens with one attached hydrogen (secondary N) is 1. The number of nitrogens with zero attached hydrogens (tertiary/aromatic N) is 1. The Morgan fingerprint density at radius 2 is 1.92 bits per heavy atom. The fourth-order valence-electron chi connectivity index (χ4n) is 2.66. The summed E-state index contributed by atoms with van der Waals surface area (Å²) in [5.41, 5.74) is 0.826. The Bertz CT molecular complexity index is 599. The molecular weight excluding hydrogens is 345 g/mol. The van der Waals surface area contributed by atoms with Crippen molar-refractivity contribution >= 4 is 23.4 Å². The van der Waals surface area contributed by atoms with Gasteiger partial charge in [0.05, 0.1) is 6.42 Å². The minimum absolute atomic E-state index is 0.0192. The molecule has 1 heterocycles. The maximum Gasteiger partial charge on any atom is 0.471 e. The van der Waals surface area contributed by atoms with Crippen molar-refractivity contribution in [2.24, 2.45) is 5.92 Å². The molecule has 1 saturated heterocycles. The third kappa shape index (κ3) is 5.40. The van der Waals surface area contributed by atoms with Crippen molar-refractivity contribution < 1.29 is 22.8 Å². The van der Waals surface area contributed by atoms with Crippen molar-refractivity contribution in [2.75, 3.05) is 19.6 Å². The average Bonchev–Trinajstić information content (AvgIpc) is 2.52. The van der Waals surface area contributed by atoms with E-state index in [1.165, 1.54) is 0 Å². The molecule has 1 aliphatic heterocycles. The lowest BCUT2D eigenvalue weighted by Crippen LogP contribution is -2.44. The molecule has 24 heavy (non-hydrogen) atoms. The summed E-state index contributed by atoms with van der Waals surface area (Å²) in [5.74, 6) is -2.00. The fourth-order valence-corrected chi connectivity index (χ4v) is 2.87. The molecule has 0 bridgehead atoms.